The van der Waals surface area contributed by atoms with Gasteiger partial charge in [-0.2, -0.15) is 0 Å². The molecular weight excluding hydrogens is 348 g/mol. The highest BCUT2D eigenvalue weighted by atomic mass is 16.4. The van der Waals surface area contributed by atoms with Crippen LogP contribution >= 0.6 is 0 Å². The van der Waals surface area contributed by atoms with Crippen LogP contribution in [0.4, 0.5) is 0 Å². The van der Waals surface area contributed by atoms with Crippen LogP contribution in [0, 0.1) is 11.8 Å². The second-order valence-corrected chi connectivity index (χ2v) is 5.85. The zero-order chi connectivity index (χ0) is 20.7. The highest BCUT2D eigenvalue weighted by Gasteiger charge is 2.12. The molecule has 0 aliphatic carbocycles. The first-order valence-corrected chi connectivity index (χ1v) is 8.65. The molecule has 148 valence electrons. The Bertz CT molecular complexity index is 589. The normalized spacial score (nSPS) is 10.7. The van der Waals surface area contributed by atoms with E-state index in [-0.39, 0.29) is 19.1 Å². The summed E-state index contributed by atoms with van der Waals surface area (Å²) in [5, 5.41) is 34.1. The van der Waals surface area contributed by atoms with Gasteiger partial charge >= 0.3 is 11.9 Å². The van der Waals surface area contributed by atoms with Crippen LogP contribution in [0.5, 0.6) is 0 Å². The van der Waals surface area contributed by atoms with Crippen LogP contribution in [0.3, 0.4) is 0 Å². The molecule has 0 saturated heterocycles. The van der Waals surface area contributed by atoms with Crippen molar-refractivity contribution in [3.63, 3.8) is 0 Å². The van der Waals surface area contributed by atoms with Crippen LogP contribution in [0.2, 0.25) is 0 Å². The topological polar surface area (TPSA) is 115 Å². The van der Waals surface area contributed by atoms with E-state index in [1.54, 1.807) is 60.7 Å². The summed E-state index contributed by atoms with van der Waals surface area (Å²) >= 11 is 0. The van der Waals surface area contributed by atoms with Crippen molar-refractivity contribution in [1.29, 1.82) is 0 Å². The standard InChI is InChI=1S/2C7H6O2.C7H16O2/c2*8-7(9)6-4-2-1-3-5-6;1-3-6(2)7(4-8)5-9/h2*1-5H,(H,8,9);6-9H,3-5H2,1-2H3. The summed E-state index contributed by atoms with van der Waals surface area (Å²) < 4.78 is 0. The van der Waals surface area contributed by atoms with Crippen LogP contribution in [-0.4, -0.2) is 45.6 Å². The second-order valence-electron chi connectivity index (χ2n) is 5.85. The number of carboxylic acids is 2. The largest absolute Gasteiger partial charge is 0.478 e. The van der Waals surface area contributed by atoms with Crippen molar-refractivity contribution < 1.29 is 30.0 Å². The minimum Gasteiger partial charge on any atom is -0.478 e. The Morgan fingerprint density at radius 1 is 0.778 bits per heavy atom. The van der Waals surface area contributed by atoms with E-state index in [2.05, 4.69) is 6.92 Å². The maximum absolute atomic E-state index is 10.2. The lowest BCUT2D eigenvalue weighted by molar-refractivity contribution is 0.0686. The average Bonchev–Trinajstić information content (AvgIpc) is 2.71. The van der Waals surface area contributed by atoms with Crippen molar-refractivity contribution >= 4 is 11.9 Å². The lowest BCUT2D eigenvalue weighted by atomic mass is 9.93. The zero-order valence-electron chi connectivity index (χ0n) is 15.7. The molecule has 4 N–H and O–H groups in total. The third-order valence-electron chi connectivity index (χ3n) is 3.96. The van der Waals surface area contributed by atoms with Gasteiger partial charge in [0.05, 0.1) is 11.1 Å². The predicted molar refractivity (Wildman–Crippen MR) is 104 cm³/mol. The molecule has 0 bridgehead atoms. The summed E-state index contributed by atoms with van der Waals surface area (Å²) in [5.74, 6) is -1.25. The molecule has 0 saturated carbocycles. The lowest BCUT2D eigenvalue weighted by Crippen LogP contribution is -2.19. The molecule has 0 radical (unpaired) electrons. The monoisotopic (exact) mass is 376 g/mol. The van der Waals surface area contributed by atoms with E-state index in [0.29, 0.717) is 17.0 Å². The Kier molecular flexibility index (Phi) is 13.0. The van der Waals surface area contributed by atoms with Gasteiger partial charge in [0.1, 0.15) is 0 Å². The summed E-state index contributed by atoms with van der Waals surface area (Å²) in [7, 11) is 0. The number of aromatic carboxylic acids is 2. The first kappa shape index (κ1) is 24.3. The fourth-order valence-corrected chi connectivity index (χ4v) is 1.91. The van der Waals surface area contributed by atoms with Gasteiger partial charge in [0, 0.05) is 19.1 Å². The van der Waals surface area contributed by atoms with Crippen molar-refractivity contribution in [3.8, 4) is 0 Å². The molecule has 6 heteroatoms. The maximum Gasteiger partial charge on any atom is 0.335 e. The van der Waals surface area contributed by atoms with Gasteiger partial charge in [-0.15, -0.1) is 0 Å². The first-order chi connectivity index (χ1) is 12.9. The summed E-state index contributed by atoms with van der Waals surface area (Å²) in [4.78, 5) is 20.4. The highest BCUT2D eigenvalue weighted by molar-refractivity contribution is 5.87. The highest BCUT2D eigenvalue weighted by Crippen LogP contribution is 2.12. The van der Waals surface area contributed by atoms with Gasteiger partial charge in [-0.25, -0.2) is 9.59 Å². The minimum absolute atomic E-state index is 0.0787. The van der Waals surface area contributed by atoms with Gasteiger partial charge < -0.3 is 20.4 Å². The molecule has 1 atom stereocenters. The average molecular weight is 376 g/mol. The van der Waals surface area contributed by atoms with Crippen LogP contribution in [0.25, 0.3) is 0 Å². The van der Waals surface area contributed by atoms with Crippen LogP contribution in [0.1, 0.15) is 41.0 Å². The fraction of sp³-hybridized carbons (Fsp3) is 0.333. The summed E-state index contributed by atoms with van der Waals surface area (Å²) in [6, 6.07) is 16.6. The van der Waals surface area contributed by atoms with E-state index in [9.17, 15) is 9.59 Å². The Hall–Kier alpha value is -2.70. The molecular formula is C21H28O6. The van der Waals surface area contributed by atoms with Gasteiger partial charge in [-0.05, 0) is 30.2 Å². The number of hydrogen-bond donors (Lipinski definition) is 4. The molecule has 0 aliphatic rings. The molecule has 1 unspecified atom stereocenters. The minimum atomic E-state index is -0.879. The van der Waals surface area contributed by atoms with Crippen molar-refractivity contribution in [1.82, 2.24) is 0 Å². The predicted octanol–water partition coefficient (Wildman–Crippen LogP) is 3.40. The maximum atomic E-state index is 10.2. The Morgan fingerprint density at radius 2 is 1.11 bits per heavy atom. The number of carboxylic acid groups (broad SMARTS) is 2. The number of rotatable bonds is 6. The van der Waals surface area contributed by atoms with E-state index in [1.165, 1.54) is 0 Å². The summed E-state index contributed by atoms with van der Waals surface area (Å²) in [6.45, 7) is 4.30. The smallest absolute Gasteiger partial charge is 0.335 e. The third kappa shape index (κ3) is 10.8. The van der Waals surface area contributed by atoms with Crippen LogP contribution in [-0.2, 0) is 0 Å². The number of hydrogen-bond acceptors (Lipinski definition) is 4. The van der Waals surface area contributed by atoms with E-state index in [4.69, 9.17) is 20.4 Å². The van der Waals surface area contributed by atoms with Crippen molar-refractivity contribution in [3.05, 3.63) is 71.8 Å². The van der Waals surface area contributed by atoms with E-state index in [1.807, 2.05) is 6.92 Å². The zero-order valence-corrected chi connectivity index (χ0v) is 15.7. The molecule has 2 aromatic rings. The van der Waals surface area contributed by atoms with Gasteiger partial charge in [-0.1, -0.05) is 56.7 Å². The van der Waals surface area contributed by atoms with Gasteiger partial charge in [-0.3, -0.25) is 0 Å². The molecule has 0 aromatic heterocycles. The number of aliphatic hydroxyl groups excluding tert-OH is 2. The Balaban J connectivity index is 0.000000376. The van der Waals surface area contributed by atoms with E-state index < -0.39 is 11.9 Å². The molecule has 0 fully saturated rings. The molecule has 6 nitrogen and oxygen atoms in total. The number of carbonyl (C=O) groups is 2. The molecule has 0 spiro atoms. The summed E-state index contributed by atoms with van der Waals surface area (Å²) in [5.41, 5.74) is 0.662. The first-order valence-electron chi connectivity index (χ1n) is 8.65. The number of benzene rings is 2. The van der Waals surface area contributed by atoms with E-state index >= 15 is 0 Å². The Morgan fingerprint density at radius 3 is 1.26 bits per heavy atom. The van der Waals surface area contributed by atoms with Crippen LogP contribution in [0.15, 0.2) is 60.7 Å². The van der Waals surface area contributed by atoms with E-state index in [0.717, 1.165) is 6.42 Å². The van der Waals surface area contributed by atoms with Gasteiger partial charge in [0.25, 0.3) is 0 Å². The van der Waals surface area contributed by atoms with Gasteiger partial charge in [0.15, 0.2) is 0 Å². The molecule has 0 aliphatic heterocycles. The van der Waals surface area contributed by atoms with Crippen molar-refractivity contribution in [2.45, 2.75) is 20.3 Å². The molecule has 2 aromatic carbocycles. The van der Waals surface area contributed by atoms with Gasteiger partial charge in [0.2, 0.25) is 0 Å². The Labute approximate surface area is 159 Å². The van der Waals surface area contributed by atoms with Crippen molar-refractivity contribution in [2.75, 3.05) is 13.2 Å². The number of aliphatic hydroxyl groups is 2. The molecule has 0 heterocycles. The SMILES string of the molecule is CCC(C)C(CO)CO.O=C(O)c1ccccc1.O=C(O)c1ccccc1. The lowest BCUT2D eigenvalue weighted by Gasteiger charge is -2.16. The van der Waals surface area contributed by atoms with Crippen LogP contribution < -0.4 is 0 Å². The third-order valence-corrected chi connectivity index (χ3v) is 3.96. The molecule has 27 heavy (non-hydrogen) atoms. The summed E-state index contributed by atoms with van der Waals surface area (Å²) in [6.07, 6.45) is 1.02. The molecule has 0 amide bonds. The second kappa shape index (κ2) is 14.5. The fourth-order valence-electron chi connectivity index (χ4n) is 1.91. The quantitative estimate of drug-likeness (QED) is 0.614. The molecule has 2 rings (SSSR count). The van der Waals surface area contributed by atoms with Crippen molar-refractivity contribution in [2.24, 2.45) is 11.8 Å².